The van der Waals surface area contributed by atoms with E-state index in [0.717, 1.165) is 18.4 Å². The van der Waals surface area contributed by atoms with E-state index in [1.807, 2.05) is 0 Å². The fourth-order valence-corrected chi connectivity index (χ4v) is 3.28. The summed E-state index contributed by atoms with van der Waals surface area (Å²) in [5, 5.41) is 0. The van der Waals surface area contributed by atoms with E-state index in [1.54, 1.807) is 0 Å². The highest BCUT2D eigenvalue weighted by atomic mass is 14.6. The minimum absolute atomic E-state index is 0.566. The van der Waals surface area contributed by atoms with Crippen molar-refractivity contribution in [1.82, 2.24) is 0 Å². The van der Waals surface area contributed by atoms with Gasteiger partial charge in [-0.05, 0) is 67.7 Å². The van der Waals surface area contributed by atoms with Crippen molar-refractivity contribution in [1.29, 1.82) is 0 Å². The average molecular weight is 245 g/mol. The van der Waals surface area contributed by atoms with Gasteiger partial charge in [-0.2, -0.15) is 0 Å². The summed E-state index contributed by atoms with van der Waals surface area (Å²) in [5.41, 5.74) is 10.3. The van der Waals surface area contributed by atoms with Gasteiger partial charge in [0.1, 0.15) is 0 Å². The van der Waals surface area contributed by atoms with Gasteiger partial charge in [-0.1, -0.05) is 38.0 Å². The van der Waals surface area contributed by atoms with Crippen LogP contribution in [-0.2, 0) is 0 Å². The Morgan fingerprint density at radius 2 is 1.78 bits per heavy atom. The van der Waals surface area contributed by atoms with Gasteiger partial charge in [0.15, 0.2) is 0 Å². The van der Waals surface area contributed by atoms with Crippen LogP contribution in [0.3, 0.4) is 0 Å². The van der Waals surface area contributed by atoms with Crippen molar-refractivity contribution in [3.05, 3.63) is 34.9 Å². The molecule has 1 aliphatic carbocycles. The fraction of sp³-hybridized carbons (Fsp3) is 0.647. The zero-order valence-electron chi connectivity index (χ0n) is 12.1. The Morgan fingerprint density at radius 3 is 2.33 bits per heavy atom. The minimum atomic E-state index is 0.566. The smallest absolute Gasteiger partial charge is 0.000556 e. The largest absolute Gasteiger partial charge is 0.330 e. The van der Waals surface area contributed by atoms with Crippen molar-refractivity contribution in [2.24, 2.45) is 17.6 Å². The van der Waals surface area contributed by atoms with Crippen LogP contribution in [0.1, 0.15) is 55.2 Å². The van der Waals surface area contributed by atoms with Crippen LogP contribution in [0.2, 0.25) is 0 Å². The molecule has 0 radical (unpaired) electrons. The highest BCUT2D eigenvalue weighted by Gasteiger charge is 2.26. The summed E-state index contributed by atoms with van der Waals surface area (Å²) in [6, 6.07) is 6.89. The minimum Gasteiger partial charge on any atom is -0.330 e. The average Bonchev–Trinajstić information content (AvgIpc) is 2.37. The number of hydrogen-bond acceptors (Lipinski definition) is 1. The molecule has 0 heterocycles. The van der Waals surface area contributed by atoms with Gasteiger partial charge in [-0.25, -0.2) is 0 Å². The van der Waals surface area contributed by atoms with E-state index in [0.29, 0.717) is 5.92 Å². The molecule has 0 saturated heterocycles. The molecule has 1 saturated carbocycles. The van der Waals surface area contributed by atoms with Crippen molar-refractivity contribution >= 4 is 0 Å². The molecule has 0 spiro atoms. The van der Waals surface area contributed by atoms with Crippen molar-refractivity contribution in [3.63, 3.8) is 0 Å². The molecule has 2 rings (SSSR count). The number of aryl methyl sites for hydroxylation is 2. The van der Waals surface area contributed by atoms with Crippen LogP contribution in [0.4, 0.5) is 0 Å². The van der Waals surface area contributed by atoms with E-state index >= 15 is 0 Å². The van der Waals surface area contributed by atoms with Crippen molar-refractivity contribution in [2.75, 3.05) is 6.54 Å². The molecule has 1 aliphatic rings. The third-order valence-electron chi connectivity index (χ3n) is 4.84. The second kappa shape index (κ2) is 5.88. The Hall–Kier alpha value is -0.820. The highest BCUT2D eigenvalue weighted by Crippen LogP contribution is 2.37. The van der Waals surface area contributed by atoms with Crippen LogP contribution >= 0.6 is 0 Å². The maximum Gasteiger partial charge on any atom is -0.000556 e. The Balaban J connectivity index is 2.14. The summed E-state index contributed by atoms with van der Waals surface area (Å²) in [6.45, 7) is 7.56. The lowest BCUT2D eigenvalue weighted by molar-refractivity contribution is 0.256. The summed E-state index contributed by atoms with van der Waals surface area (Å²) in [7, 11) is 0. The normalized spacial score (nSPS) is 26.0. The lowest BCUT2D eigenvalue weighted by atomic mass is 9.74. The first kappa shape index (κ1) is 13.6. The van der Waals surface area contributed by atoms with Crippen molar-refractivity contribution < 1.29 is 0 Å². The number of hydrogen-bond donors (Lipinski definition) is 1. The first-order valence-corrected chi connectivity index (χ1v) is 7.39. The van der Waals surface area contributed by atoms with Crippen LogP contribution in [0.15, 0.2) is 18.2 Å². The summed E-state index contributed by atoms with van der Waals surface area (Å²) < 4.78 is 0. The predicted octanol–water partition coefficient (Wildman–Crippen LogP) is 4.17. The maximum atomic E-state index is 6.06. The van der Waals surface area contributed by atoms with Gasteiger partial charge in [0, 0.05) is 0 Å². The van der Waals surface area contributed by atoms with Crippen LogP contribution < -0.4 is 5.73 Å². The fourth-order valence-electron chi connectivity index (χ4n) is 3.28. The lowest BCUT2D eigenvalue weighted by Crippen LogP contribution is -2.25. The Labute approximate surface area is 112 Å². The molecular weight excluding hydrogens is 218 g/mol. The second-order valence-corrected chi connectivity index (χ2v) is 6.21. The van der Waals surface area contributed by atoms with E-state index in [4.69, 9.17) is 5.73 Å². The number of rotatable bonds is 3. The third kappa shape index (κ3) is 2.95. The van der Waals surface area contributed by atoms with E-state index < -0.39 is 0 Å². The Bertz CT molecular complexity index is 389. The number of nitrogens with two attached hydrogens (primary N) is 1. The monoisotopic (exact) mass is 245 g/mol. The summed E-state index contributed by atoms with van der Waals surface area (Å²) >= 11 is 0. The van der Waals surface area contributed by atoms with Crippen molar-refractivity contribution in [2.45, 2.75) is 52.4 Å². The van der Waals surface area contributed by atoms with E-state index in [2.05, 4.69) is 39.0 Å². The van der Waals surface area contributed by atoms with Crippen LogP contribution in [-0.4, -0.2) is 6.54 Å². The maximum absolute atomic E-state index is 6.06. The van der Waals surface area contributed by atoms with Gasteiger partial charge in [0.2, 0.25) is 0 Å². The first-order chi connectivity index (χ1) is 8.61. The zero-order valence-corrected chi connectivity index (χ0v) is 12.1. The summed E-state index contributed by atoms with van der Waals surface area (Å²) in [6.07, 6.45) is 5.48. The number of benzene rings is 1. The Morgan fingerprint density at radius 1 is 1.11 bits per heavy atom. The molecule has 1 atom stereocenters. The highest BCUT2D eigenvalue weighted by molar-refractivity contribution is 5.32. The zero-order chi connectivity index (χ0) is 13.1. The molecule has 1 aromatic rings. The van der Waals surface area contributed by atoms with Crippen LogP contribution in [0.5, 0.6) is 0 Å². The molecule has 2 N–H and O–H groups in total. The molecule has 0 aliphatic heterocycles. The Kier molecular flexibility index (Phi) is 4.45. The molecule has 100 valence electrons. The topological polar surface area (TPSA) is 26.0 Å². The second-order valence-electron chi connectivity index (χ2n) is 6.21. The van der Waals surface area contributed by atoms with Gasteiger partial charge in [-0.3, -0.25) is 0 Å². The lowest BCUT2D eigenvalue weighted by Gasteiger charge is -2.32. The molecule has 18 heavy (non-hydrogen) atoms. The van der Waals surface area contributed by atoms with Crippen LogP contribution in [0, 0.1) is 25.7 Å². The van der Waals surface area contributed by atoms with Crippen molar-refractivity contribution in [3.8, 4) is 0 Å². The molecule has 1 aromatic carbocycles. The molecule has 1 unspecified atom stereocenters. The van der Waals surface area contributed by atoms with Gasteiger partial charge in [0.05, 0.1) is 0 Å². The molecular formula is C17H27N. The predicted molar refractivity (Wildman–Crippen MR) is 78.8 cm³/mol. The standard InChI is InChI=1S/C17H27N/c1-12-4-7-15(8-5-12)17(11-18)16-9-6-13(2)14(3)10-16/h6,9-10,12,15,17H,4-5,7-8,11,18H2,1-3H3. The first-order valence-electron chi connectivity index (χ1n) is 7.39. The summed E-state index contributed by atoms with van der Waals surface area (Å²) in [4.78, 5) is 0. The van der Waals surface area contributed by atoms with E-state index in [-0.39, 0.29) is 0 Å². The van der Waals surface area contributed by atoms with E-state index in [1.165, 1.54) is 42.4 Å². The molecule has 1 nitrogen and oxygen atoms in total. The van der Waals surface area contributed by atoms with Gasteiger partial charge in [-0.15, -0.1) is 0 Å². The molecule has 0 amide bonds. The SMILES string of the molecule is Cc1ccc(C(CN)C2CCC(C)CC2)cc1C. The van der Waals surface area contributed by atoms with Crippen LogP contribution in [0.25, 0.3) is 0 Å². The summed E-state index contributed by atoms with van der Waals surface area (Å²) in [5.74, 6) is 2.28. The molecule has 0 bridgehead atoms. The third-order valence-corrected chi connectivity index (χ3v) is 4.84. The quantitative estimate of drug-likeness (QED) is 0.849. The molecule has 1 heteroatoms. The van der Waals surface area contributed by atoms with Gasteiger partial charge in [0.25, 0.3) is 0 Å². The van der Waals surface area contributed by atoms with E-state index in [9.17, 15) is 0 Å². The van der Waals surface area contributed by atoms with Gasteiger partial charge >= 0.3 is 0 Å². The molecule has 0 aromatic heterocycles. The van der Waals surface area contributed by atoms with Gasteiger partial charge < -0.3 is 5.73 Å². The molecule has 1 fully saturated rings.